The zero-order valence-electron chi connectivity index (χ0n) is 19.9. The average molecular weight is 512 g/mol. The molecule has 0 aliphatic carbocycles. The van der Waals surface area contributed by atoms with Crippen LogP contribution in [0.4, 0.5) is 11.4 Å². The van der Waals surface area contributed by atoms with Gasteiger partial charge in [0.1, 0.15) is 11.6 Å². The molecular weight excluding hydrogens is 482 g/mol. The van der Waals surface area contributed by atoms with Crippen molar-refractivity contribution < 1.29 is 24.2 Å². The van der Waals surface area contributed by atoms with E-state index in [-0.39, 0.29) is 24.3 Å². The van der Waals surface area contributed by atoms with E-state index in [0.717, 1.165) is 6.42 Å². The van der Waals surface area contributed by atoms with Gasteiger partial charge in [0.2, 0.25) is 17.7 Å². The van der Waals surface area contributed by atoms with Gasteiger partial charge >= 0.3 is 0 Å². The van der Waals surface area contributed by atoms with Gasteiger partial charge in [-0.15, -0.1) is 0 Å². The number of likely N-dealkylation sites (tertiary alicyclic amines) is 1. The van der Waals surface area contributed by atoms with Crippen LogP contribution in [0.3, 0.4) is 0 Å². The summed E-state index contributed by atoms with van der Waals surface area (Å²) in [5.41, 5.74) is 0.180. The molecule has 1 spiro atoms. The lowest BCUT2D eigenvalue weighted by molar-refractivity contribution is -0.139. The van der Waals surface area contributed by atoms with Gasteiger partial charge in [-0.2, -0.15) is 0 Å². The van der Waals surface area contributed by atoms with Gasteiger partial charge in [0.15, 0.2) is 0 Å². The van der Waals surface area contributed by atoms with Crippen LogP contribution in [0.2, 0.25) is 5.02 Å². The summed E-state index contributed by atoms with van der Waals surface area (Å²) in [7, 11) is 0. The van der Waals surface area contributed by atoms with Crippen LogP contribution in [-0.4, -0.2) is 58.6 Å². The molecule has 3 heterocycles. The van der Waals surface area contributed by atoms with Crippen molar-refractivity contribution in [2.75, 3.05) is 23.8 Å². The van der Waals surface area contributed by atoms with E-state index in [4.69, 9.17) is 21.4 Å². The van der Waals surface area contributed by atoms with Crippen LogP contribution in [-0.2, 0) is 19.1 Å². The molecule has 0 saturated carbocycles. The molecule has 3 aliphatic heterocycles. The van der Waals surface area contributed by atoms with Crippen LogP contribution in [0.15, 0.2) is 54.6 Å². The van der Waals surface area contributed by atoms with Gasteiger partial charge in [-0.25, -0.2) is 0 Å². The molecule has 36 heavy (non-hydrogen) atoms. The molecule has 2 aromatic carbocycles. The summed E-state index contributed by atoms with van der Waals surface area (Å²) in [5.74, 6) is -2.20. The third-order valence-electron chi connectivity index (χ3n) is 7.56. The van der Waals surface area contributed by atoms with Crippen molar-refractivity contribution in [2.24, 2.45) is 11.8 Å². The summed E-state index contributed by atoms with van der Waals surface area (Å²) in [5, 5.41) is 15.6. The molecule has 2 bridgehead atoms. The Morgan fingerprint density at radius 1 is 1.00 bits per heavy atom. The maximum atomic E-state index is 13.8. The van der Waals surface area contributed by atoms with Crippen LogP contribution in [0, 0.1) is 11.8 Å². The van der Waals surface area contributed by atoms with E-state index in [9.17, 15) is 14.4 Å². The highest BCUT2D eigenvalue weighted by atomic mass is 35.5. The Kier molecular flexibility index (Phi) is 7.01. The van der Waals surface area contributed by atoms with Crippen LogP contribution in [0.25, 0.3) is 0 Å². The number of anilines is 2. The van der Waals surface area contributed by atoms with E-state index in [0.29, 0.717) is 48.6 Å². The van der Waals surface area contributed by atoms with Crippen molar-refractivity contribution in [3.05, 3.63) is 59.6 Å². The number of hydrogen-bond donors (Lipinski definition) is 3. The first-order valence-corrected chi connectivity index (χ1v) is 12.8. The monoisotopic (exact) mass is 511 g/mol. The van der Waals surface area contributed by atoms with Crippen LogP contribution >= 0.6 is 11.6 Å². The lowest BCUT2D eigenvalue weighted by Crippen LogP contribution is -2.53. The first kappa shape index (κ1) is 24.7. The van der Waals surface area contributed by atoms with Crippen LogP contribution in [0.1, 0.15) is 32.1 Å². The van der Waals surface area contributed by atoms with Crippen molar-refractivity contribution in [2.45, 2.75) is 49.9 Å². The number of unbranched alkanes of at least 4 members (excludes halogenated alkanes) is 2. The van der Waals surface area contributed by atoms with Crippen molar-refractivity contribution in [1.29, 1.82) is 0 Å². The summed E-state index contributed by atoms with van der Waals surface area (Å²) < 4.78 is 6.43. The standard InChI is InChI=1S/C27H30ClN3O5/c28-17-9-11-19(12-10-17)30-25(34)23-27-14-13-20(36-27)21(24(33)29-18-7-3-1-4-8-18)22(27)26(35)31(23)15-5-2-6-16-32/h1,3-4,7-12,20-23,32H,2,5-6,13-16H2,(H,29,33)(H,30,34)/t20-,21+,22-,23?,27?/m0/s1. The Balaban J connectivity index is 1.43. The van der Waals surface area contributed by atoms with Gasteiger partial charge in [0.25, 0.3) is 0 Å². The third-order valence-corrected chi connectivity index (χ3v) is 7.81. The number of amides is 3. The van der Waals surface area contributed by atoms with E-state index in [1.54, 1.807) is 41.3 Å². The summed E-state index contributed by atoms with van der Waals surface area (Å²) in [6.45, 7) is 0.435. The molecule has 0 aromatic heterocycles. The fourth-order valence-electron chi connectivity index (χ4n) is 6.06. The largest absolute Gasteiger partial charge is 0.396 e. The van der Waals surface area contributed by atoms with Gasteiger partial charge in [0, 0.05) is 29.5 Å². The van der Waals surface area contributed by atoms with Gasteiger partial charge in [-0.05, 0) is 68.5 Å². The molecule has 0 radical (unpaired) electrons. The third kappa shape index (κ3) is 4.38. The predicted molar refractivity (Wildman–Crippen MR) is 135 cm³/mol. The maximum absolute atomic E-state index is 13.8. The highest BCUT2D eigenvalue weighted by Crippen LogP contribution is 2.58. The smallest absolute Gasteiger partial charge is 0.250 e. The van der Waals surface area contributed by atoms with E-state index in [1.165, 1.54) is 0 Å². The van der Waals surface area contributed by atoms with Crippen molar-refractivity contribution in [3.63, 3.8) is 0 Å². The first-order chi connectivity index (χ1) is 17.4. The molecule has 3 fully saturated rings. The lowest BCUT2D eigenvalue weighted by Gasteiger charge is -2.33. The fourth-order valence-corrected chi connectivity index (χ4v) is 6.18. The maximum Gasteiger partial charge on any atom is 0.250 e. The minimum absolute atomic E-state index is 0.0769. The Morgan fingerprint density at radius 3 is 2.42 bits per heavy atom. The Morgan fingerprint density at radius 2 is 1.69 bits per heavy atom. The van der Waals surface area contributed by atoms with Crippen molar-refractivity contribution in [3.8, 4) is 0 Å². The van der Waals surface area contributed by atoms with Gasteiger partial charge < -0.3 is 25.4 Å². The number of carbonyl (C=O) groups excluding carboxylic acids is 3. The van der Waals surface area contributed by atoms with Gasteiger partial charge in [0.05, 0.1) is 17.9 Å². The summed E-state index contributed by atoms with van der Waals surface area (Å²) in [4.78, 5) is 42.5. The lowest BCUT2D eigenvalue weighted by atomic mass is 9.70. The number of ether oxygens (including phenoxy) is 1. The molecule has 2 unspecified atom stereocenters. The number of carbonyl (C=O) groups is 3. The topological polar surface area (TPSA) is 108 Å². The number of aliphatic hydroxyl groups excluding tert-OH is 1. The molecule has 3 amide bonds. The molecule has 5 rings (SSSR count). The van der Waals surface area contributed by atoms with E-state index < -0.39 is 29.6 Å². The summed E-state index contributed by atoms with van der Waals surface area (Å²) >= 11 is 5.99. The molecule has 3 saturated heterocycles. The fraction of sp³-hybridized carbons (Fsp3) is 0.444. The SMILES string of the molecule is O=C(Nc1ccc(Cl)cc1)C1N(CCCCCO)C(=O)[C@@H]2[C@H](C(=O)Nc3ccccc3)[C@@H]3CCC12O3. The number of nitrogens with zero attached hydrogens (tertiary/aromatic N) is 1. The quantitative estimate of drug-likeness (QED) is 0.447. The Bertz CT molecular complexity index is 1130. The highest BCUT2D eigenvalue weighted by Gasteiger charge is 2.74. The molecule has 2 aromatic rings. The van der Waals surface area contributed by atoms with Gasteiger partial charge in [-0.3, -0.25) is 14.4 Å². The number of nitrogens with one attached hydrogen (secondary N) is 2. The second-order valence-corrected chi connectivity index (χ2v) is 10.2. The average Bonchev–Trinajstić information content (AvgIpc) is 3.51. The minimum Gasteiger partial charge on any atom is -0.396 e. The molecular formula is C27H30ClN3O5. The first-order valence-electron chi connectivity index (χ1n) is 12.5. The second-order valence-electron chi connectivity index (χ2n) is 9.72. The molecule has 5 atom stereocenters. The number of aliphatic hydroxyl groups is 1. The number of para-hydroxylation sites is 1. The molecule has 3 aliphatic rings. The second kappa shape index (κ2) is 10.2. The van der Waals surface area contributed by atoms with Crippen molar-refractivity contribution in [1.82, 2.24) is 4.90 Å². The van der Waals surface area contributed by atoms with E-state index in [1.807, 2.05) is 18.2 Å². The molecule has 8 nitrogen and oxygen atoms in total. The number of rotatable bonds is 9. The van der Waals surface area contributed by atoms with E-state index in [2.05, 4.69) is 10.6 Å². The van der Waals surface area contributed by atoms with E-state index >= 15 is 0 Å². The minimum atomic E-state index is -1.05. The number of halogens is 1. The summed E-state index contributed by atoms with van der Waals surface area (Å²) in [6, 6.07) is 15.1. The zero-order chi connectivity index (χ0) is 25.3. The van der Waals surface area contributed by atoms with Crippen LogP contribution in [0.5, 0.6) is 0 Å². The molecule has 9 heteroatoms. The Hall–Kier alpha value is -2.94. The van der Waals surface area contributed by atoms with Crippen LogP contribution < -0.4 is 10.6 Å². The zero-order valence-corrected chi connectivity index (χ0v) is 20.6. The number of benzene rings is 2. The molecule has 3 N–H and O–H groups in total. The normalized spacial score (nSPS) is 28.3. The highest BCUT2D eigenvalue weighted by molar-refractivity contribution is 6.30. The Labute approximate surface area is 215 Å². The number of hydrogen-bond acceptors (Lipinski definition) is 5. The predicted octanol–water partition coefficient (Wildman–Crippen LogP) is 3.45. The summed E-state index contributed by atoms with van der Waals surface area (Å²) in [6.07, 6.45) is 2.73. The van der Waals surface area contributed by atoms with Gasteiger partial charge in [-0.1, -0.05) is 29.8 Å². The number of fused-ring (bicyclic) bond motifs is 1. The molecule has 190 valence electrons. The van der Waals surface area contributed by atoms with Crippen molar-refractivity contribution >= 4 is 40.7 Å².